The summed E-state index contributed by atoms with van der Waals surface area (Å²) >= 11 is 13.4. The van der Waals surface area contributed by atoms with Crippen LogP contribution in [-0.4, -0.2) is 25.4 Å². The zero-order valence-electron chi connectivity index (χ0n) is 19.7. The molecule has 7 nitrogen and oxygen atoms in total. The first-order valence-electron chi connectivity index (χ1n) is 11.0. The van der Waals surface area contributed by atoms with Crippen molar-refractivity contribution in [2.45, 2.75) is 31.7 Å². The Hall–Kier alpha value is -2.85. The van der Waals surface area contributed by atoms with Gasteiger partial charge in [-0.2, -0.15) is 0 Å². The SMILES string of the molecule is Cc1ccc(S(=O)(=O)N(CC(=O)Nc2ccc3c(c2)sc(=O)n3C(C)C)c2cc(Cl)cc(Cl)c2)cc1. The summed E-state index contributed by atoms with van der Waals surface area (Å²) in [5.74, 6) is -0.572. The molecule has 0 saturated carbocycles. The monoisotopic (exact) mass is 563 g/mol. The fraction of sp³-hybridized carbons (Fsp3) is 0.200. The molecule has 0 saturated heterocycles. The van der Waals surface area contributed by atoms with Gasteiger partial charge < -0.3 is 5.32 Å². The number of rotatable bonds is 7. The number of thiazole rings is 1. The molecule has 0 radical (unpaired) electrons. The molecular weight excluding hydrogens is 541 g/mol. The number of nitrogens with one attached hydrogen (secondary N) is 1. The number of aromatic nitrogens is 1. The van der Waals surface area contributed by atoms with Crippen molar-refractivity contribution < 1.29 is 13.2 Å². The van der Waals surface area contributed by atoms with Crippen LogP contribution in [0, 0.1) is 6.92 Å². The van der Waals surface area contributed by atoms with Crippen molar-refractivity contribution in [2.75, 3.05) is 16.2 Å². The Labute approximate surface area is 222 Å². The van der Waals surface area contributed by atoms with Crippen molar-refractivity contribution in [3.05, 3.63) is 85.9 Å². The summed E-state index contributed by atoms with van der Waals surface area (Å²) in [5.41, 5.74) is 2.27. The average molecular weight is 565 g/mol. The lowest BCUT2D eigenvalue weighted by Crippen LogP contribution is -2.38. The van der Waals surface area contributed by atoms with Crippen LogP contribution in [-0.2, 0) is 14.8 Å². The van der Waals surface area contributed by atoms with Crippen molar-refractivity contribution in [3.63, 3.8) is 0 Å². The third-order valence-corrected chi connectivity index (χ3v) is 8.59. The molecule has 0 atom stereocenters. The maximum Gasteiger partial charge on any atom is 0.308 e. The zero-order valence-corrected chi connectivity index (χ0v) is 22.8. The van der Waals surface area contributed by atoms with Gasteiger partial charge in [0.2, 0.25) is 5.91 Å². The van der Waals surface area contributed by atoms with E-state index < -0.39 is 22.5 Å². The van der Waals surface area contributed by atoms with Crippen molar-refractivity contribution in [1.82, 2.24) is 4.57 Å². The summed E-state index contributed by atoms with van der Waals surface area (Å²) in [7, 11) is -4.13. The molecule has 0 fully saturated rings. The minimum atomic E-state index is -4.13. The Morgan fingerprint density at radius 1 is 1.03 bits per heavy atom. The number of benzene rings is 3. The second kappa shape index (κ2) is 10.3. The fourth-order valence-corrected chi connectivity index (χ4v) is 6.74. The number of carbonyl (C=O) groups excluding carboxylic acids is 1. The lowest BCUT2D eigenvalue weighted by molar-refractivity contribution is -0.114. The maximum atomic E-state index is 13.6. The lowest BCUT2D eigenvalue weighted by atomic mass is 10.2. The molecule has 0 unspecified atom stereocenters. The van der Waals surface area contributed by atoms with Crippen molar-refractivity contribution in [2.24, 2.45) is 0 Å². The number of aryl methyl sites for hydroxylation is 1. The molecule has 3 aromatic carbocycles. The zero-order chi connectivity index (χ0) is 26.2. The van der Waals surface area contributed by atoms with Gasteiger partial charge in [-0.1, -0.05) is 52.2 Å². The third kappa shape index (κ3) is 5.44. The van der Waals surface area contributed by atoms with E-state index in [1.165, 1.54) is 30.3 Å². The summed E-state index contributed by atoms with van der Waals surface area (Å²) in [5, 5.41) is 3.21. The number of hydrogen-bond donors (Lipinski definition) is 1. The number of sulfonamides is 1. The predicted molar refractivity (Wildman–Crippen MR) is 147 cm³/mol. The first-order chi connectivity index (χ1) is 17.0. The number of carbonyl (C=O) groups is 1. The normalized spacial score (nSPS) is 11.7. The molecule has 4 aromatic rings. The number of hydrogen-bond acceptors (Lipinski definition) is 5. The van der Waals surface area contributed by atoms with Crippen LogP contribution >= 0.6 is 34.5 Å². The van der Waals surface area contributed by atoms with E-state index in [0.29, 0.717) is 5.69 Å². The Morgan fingerprint density at radius 3 is 2.28 bits per heavy atom. The van der Waals surface area contributed by atoms with Gasteiger partial charge in [-0.25, -0.2) is 8.42 Å². The van der Waals surface area contributed by atoms with Gasteiger partial charge in [0, 0.05) is 21.8 Å². The van der Waals surface area contributed by atoms with E-state index >= 15 is 0 Å². The molecule has 1 N–H and O–H groups in total. The number of nitrogens with zero attached hydrogens (tertiary/aromatic N) is 2. The molecular formula is C25H23Cl2N3O4S2. The average Bonchev–Trinajstić information content (AvgIpc) is 3.12. The molecule has 0 aliphatic rings. The molecule has 0 bridgehead atoms. The molecule has 11 heteroatoms. The van der Waals surface area contributed by atoms with Crippen molar-refractivity contribution in [1.29, 1.82) is 0 Å². The van der Waals surface area contributed by atoms with E-state index in [0.717, 1.165) is 31.4 Å². The summed E-state index contributed by atoms with van der Waals surface area (Å²) in [6, 6.07) is 15.8. The first kappa shape index (κ1) is 26.2. The quantitative estimate of drug-likeness (QED) is 0.294. The van der Waals surface area contributed by atoms with E-state index in [9.17, 15) is 18.0 Å². The van der Waals surface area contributed by atoms with E-state index in [1.54, 1.807) is 34.9 Å². The van der Waals surface area contributed by atoms with E-state index in [1.807, 2.05) is 20.8 Å². The Morgan fingerprint density at radius 2 is 1.67 bits per heavy atom. The molecule has 188 valence electrons. The summed E-state index contributed by atoms with van der Waals surface area (Å²) in [6.07, 6.45) is 0. The standard InChI is InChI=1S/C25H23Cl2N3O4S2/c1-15(2)30-22-9-6-19(13-23(22)35-25(30)32)28-24(31)14-29(20-11-17(26)10-18(27)12-20)36(33,34)21-7-4-16(3)5-8-21/h4-13,15H,14H2,1-3H3,(H,28,31). The second-order valence-corrected chi connectivity index (χ2v) is 12.2. The van der Waals surface area contributed by atoms with Gasteiger partial charge in [-0.15, -0.1) is 0 Å². The molecule has 0 aliphatic carbocycles. The smallest absolute Gasteiger partial charge is 0.308 e. The van der Waals surface area contributed by atoms with Crippen LogP contribution in [0.4, 0.5) is 11.4 Å². The van der Waals surface area contributed by atoms with Gasteiger partial charge in [0.05, 0.1) is 20.8 Å². The highest BCUT2D eigenvalue weighted by molar-refractivity contribution is 7.92. The van der Waals surface area contributed by atoms with E-state index in [4.69, 9.17) is 23.2 Å². The highest BCUT2D eigenvalue weighted by Crippen LogP contribution is 2.30. The number of fused-ring (bicyclic) bond motifs is 1. The third-order valence-electron chi connectivity index (χ3n) is 5.44. The van der Waals surface area contributed by atoms with Crippen molar-refractivity contribution >= 4 is 72.1 Å². The highest BCUT2D eigenvalue weighted by Gasteiger charge is 2.28. The predicted octanol–water partition coefficient (Wildman–Crippen LogP) is 6.09. The summed E-state index contributed by atoms with van der Waals surface area (Å²) in [4.78, 5) is 25.3. The van der Waals surface area contributed by atoms with Crippen LogP contribution in [0.5, 0.6) is 0 Å². The molecule has 0 aliphatic heterocycles. The number of halogens is 2. The number of amides is 1. The van der Waals surface area contributed by atoms with Gasteiger partial charge in [-0.3, -0.25) is 18.5 Å². The molecule has 1 aromatic heterocycles. The van der Waals surface area contributed by atoms with Gasteiger partial charge >= 0.3 is 4.87 Å². The molecule has 4 rings (SSSR count). The van der Waals surface area contributed by atoms with Crippen LogP contribution in [0.1, 0.15) is 25.5 Å². The van der Waals surface area contributed by atoms with Crippen molar-refractivity contribution in [3.8, 4) is 0 Å². The Kier molecular flexibility index (Phi) is 7.47. The topological polar surface area (TPSA) is 88.5 Å². The van der Waals surface area contributed by atoms with Crippen LogP contribution in [0.25, 0.3) is 10.2 Å². The lowest BCUT2D eigenvalue weighted by Gasteiger charge is -2.24. The van der Waals surface area contributed by atoms with E-state index in [2.05, 4.69) is 5.32 Å². The van der Waals surface area contributed by atoms with Crippen LogP contribution in [0.3, 0.4) is 0 Å². The van der Waals surface area contributed by atoms with Gasteiger partial charge in [0.1, 0.15) is 6.54 Å². The Balaban J connectivity index is 1.67. The minimum absolute atomic E-state index is 0.00301. The molecule has 0 spiro atoms. The van der Waals surface area contributed by atoms with Gasteiger partial charge in [0.25, 0.3) is 10.0 Å². The highest BCUT2D eigenvalue weighted by atomic mass is 35.5. The maximum absolute atomic E-state index is 13.6. The van der Waals surface area contributed by atoms with Crippen LogP contribution in [0.2, 0.25) is 10.0 Å². The second-order valence-electron chi connectivity index (χ2n) is 8.51. The largest absolute Gasteiger partial charge is 0.324 e. The van der Waals surface area contributed by atoms with E-state index in [-0.39, 0.29) is 31.5 Å². The molecule has 1 heterocycles. The first-order valence-corrected chi connectivity index (χ1v) is 14.0. The number of anilines is 2. The molecule has 1 amide bonds. The molecule has 36 heavy (non-hydrogen) atoms. The van der Waals surface area contributed by atoms with Crippen LogP contribution in [0.15, 0.2) is 70.4 Å². The van der Waals surface area contributed by atoms with Gasteiger partial charge in [0.15, 0.2) is 0 Å². The summed E-state index contributed by atoms with van der Waals surface area (Å²) in [6.45, 7) is 5.18. The van der Waals surface area contributed by atoms with Crippen LogP contribution < -0.4 is 14.5 Å². The minimum Gasteiger partial charge on any atom is -0.324 e. The van der Waals surface area contributed by atoms with Gasteiger partial charge in [-0.05, 0) is 69.3 Å². The fourth-order valence-electron chi connectivity index (χ4n) is 3.77. The summed E-state index contributed by atoms with van der Waals surface area (Å²) < 4.78 is 30.5. The Bertz CT molecular complexity index is 1590.